The van der Waals surface area contributed by atoms with E-state index in [1.807, 2.05) is 0 Å². The van der Waals surface area contributed by atoms with Gasteiger partial charge < -0.3 is 20.3 Å². The van der Waals surface area contributed by atoms with Gasteiger partial charge in [0.2, 0.25) is 0 Å². The molecule has 7 nitrogen and oxygen atoms in total. The molecule has 7 heteroatoms. The van der Waals surface area contributed by atoms with Gasteiger partial charge in [0.05, 0.1) is 6.61 Å². The van der Waals surface area contributed by atoms with Gasteiger partial charge in [-0.05, 0) is 50.8 Å². The molecule has 1 aliphatic carbocycles. The minimum atomic E-state index is -0.298. The summed E-state index contributed by atoms with van der Waals surface area (Å²) in [7, 11) is 0. The van der Waals surface area contributed by atoms with Crippen LogP contribution < -0.4 is 10.6 Å². The van der Waals surface area contributed by atoms with E-state index >= 15 is 0 Å². The Morgan fingerprint density at radius 1 is 0.964 bits per heavy atom. The lowest BCUT2D eigenvalue weighted by atomic mass is 10.0. The van der Waals surface area contributed by atoms with Gasteiger partial charge in [0.25, 0.3) is 11.8 Å². The number of nitrogens with zero attached hydrogens (tertiary/aromatic N) is 1. The van der Waals surface area contributed by atoms with Gasteiger partial charge in [-0.2, -0.15) is 0 Å². The van der Waals surface area contributed by atoms with E-state index in [1.54, 1.807) is 36.1 Å². The van der Waals surface area contributed by atoms with Crippen LogP contribution in [0.2, 0.25) is 0 Å². The van der Waals surface area contributed by atoms with Gasteiger partial charge in [-0.25, -0.2) is 4.79 Å². The summed E-state index contributed by atoms with van der Waals surface area (Å²) in [5, 5.41) is 6.06. The zero-order chi connectivity index (χ0) is 19.9. The summed E-state index contributed by atoms with van der Waals surface area (Å²) < 4.78 is 5.01. The van der Waals surface area contributed by atoms with Gasteiger partial charge >= 0.3 is 6.09 Å². The van der Waals surface area contributed by atoms with E-state index in [4.69, 9.17) is 4.74 Å². The number of ether oxygens (including phenoxy) is 1. The average Bonchev–Trinajstić information content (AvgIpc) is 3.22. The van der Waals surface area contributed by atoms with Crippen molar-refractivity contribution in [2.24, 2.45) is 0 Å². The number of hydrogen-bond acceptors (Lipinski definition) is 4. The molecule has 0 aromatic heterocycles. The van der Waals surface area contributed by atoms with Crippen LogP contribution in [0.4, 0.5) is 4.79 Å². The number of carbonyl (C=O) groups excluding carboxylic acids is 3. The van der Waals surface area contributed by atoms with E-state index in [2.05, 4.69) is 10.6 Å². The molecule has 2 aliphatic rings. The Morgan fingerprint density at radius 2 is 1.50 bits per heavy atom. The Balaban J connectivity index is 1.52. The number of nitrogens with one attached hydrogen (secondary N) is 2. The summed E-state index contributed by atoms with van der Waals surface area (Å²) in [6.45, 7) is 3.27. The van der Waals surface area contributed by atoms with Gasteiger partial charge in [-0.1, -0.05) is 18.9 Å². The minimum Gasteiger partial charge on any atom is -0.450 e. The summed E-state index contributed by atoms with van der Waals surface area (Å²) in [4.78, 5) is 38.4. The van der Waals surface area contributed by atoms with Crippen molar-refractivity contribution in [1.82, 2.24) is 15.5 Å². The molecular formula is C21H29N3O4. The lowest BCUT2D eigenvalue weighted by molar-refractivity contribution is 0.0859. The summed E-state index contributed by atoms with van der Waals surface area (Å²) in [6, 6.07) is 7.09. The summed E-state index contributed by atoms with van der Waals surface area (Å²) >= 11 is 0. The van der Waals surface area contributed by atoms with E-state index in [9.17, 15) is 14.4 Å². The second-order valence-electron chi connectivity index (χ2n) is 7.47. The molecule has 0 unspecified atom stereocenters. The van der Waals surface area contributed by atoms with Crippen molar-refractivity contribution in [2.45, 2.75) is 57.5 Å². The van der Waals surface area contributed by atoms with Crippen LogP contribution in [-0.2, 0) is 4.74 Å². The first-order chi connectivity index (χ1) is 13.6. The van der Waals surface area contributed by atoms with Crippen molar-refractivity contribution in [2.75, 3.05) is 19.7 Å². The van der Waals surface area contributed by atoms with Gasteiger partial charge in [0.1, 0.15) is 0 Å². The predicted octanol–water partition coefficient (Wildman–Crippen LogP) is 2.71. The van der Waals surface area contributed by atoms with Crippen LogP contribution in [0.25, 0.3) is 0 Å². The second kappa shape index (κ2) is 9.57. The molecule has 3 rings (SSSR count). The highest BCUT2D eigenvalue weighted by atomic mass is 16.6. The Kier molecular flexibility index (Phi) is 6.90. The number of benzene rings is 1. The van der Waals surface area contributed by atoms with E-state index < -0.39 is 0 Å². The largest absolute Gasteiger partial charge is 0.450 e. The quantitative estimate of drug-likeness (QED) is 0.813. The molecular weight excluding hydrogens is 358 g/mol. The standard InChI is InChI=1S/C21H29N3O4/c1-2-28-21(27)24-12-10-18(11-13-24)23-20(26)16-7-5-6-15(14-16)19(25)22-17-8-3-4-9-17/h5-7,14,17-18H,2-4,8-13H2,1H3,(H,22,25)(H,23,26). The maximum Gasteiger partial charge on any atom is 0.409 e. The Bertz CT molecular complexity index is 707. The van der Waals surface area contributed by atoms with Crippen molar-refractivity contribution in [3.8, 4) is 0 Å². The lowest BCUT2D eigenvalue weighted by Gasteiger charge is -2.31. The third kappa shape index (κ3) is 5.24. The molecule has 0 spiro atoms. The highest BCUT2D eigenvalue weighted by Gasteiger charge is 2.25. The van der Waals surface area contributed by atoms with Gasteiger partial charge in [-0.15, -0.1) is 0 Å². The molecule has 2 N–H and O–H groups in total. The molecule has 1 heterocycles. The average molecular weight is 387 g/mol. The highest BCUT2D eigenvalue weighted by Crippen LogP contribution is 2.18. The third-order valence-electron chi connectivity index (χ3n) is 5.43. The first-order valence-electron chi connectivity index (χ1n) is 10.2. The van der Waals surface area contributed by atoms with Crippen LogP contribution in [0.1, 0.15) is 66.2 Å². The first-order valence-corrected chi connectivity index (χ1v) is 10.2. The second-order valence-corrected chi connectivity index (χ2v) is 7.47. The number of rotatable bonds is 5. The van der Waals surface area contributed by atoms with Crippen LogP contribution in [0.15, 0.2) is 24.3 Å². The number of piperidine rings is 1. The molecule has 1 saturated heterocycles. The van der Waals surface area contributed by atoms with Crippen LogP contribution in [0.3, 0.4) is 0 Å². The molecule has 1 saturated carbocycles. The topological polar surface area (TPSA) is 87.7 Å². The van der Waals surface area contributed by atoms with Crippen LogP contribution in [0.5, 0.6) is 0 Å². The fourth-order valence-corrected chi connectivity index (χ4v) is 3.83. The van der Waals surface area contributed by atoms with Crippen LogP contribution in [-0.4, -0.2) is 54.6 Å². The van der Waals surface area contributed by atoms with Crippen molar-refractivity contribution in [3.63, 3.8) is 0 Å². The Morgan fingerprint density at radius 3 is 2.04 bits per heavy atom. The molecule has 1 aliphatic heterocycles. The van der Waals surface area contributed by atoms with Crippen molar-refractivity contribution in [1.29, 1.82) is 0 Å². The van der Waals surface area contributed by atoms with Crippen molar-refractivity contribution >= 4 is 17.9 Å². The van der Waals surface area contributed by atoms with E-state index in [0.717, 1.165) is 25.7 Å². The first kappa shape index (κ1) is 20.2. The van der Waals surface area contributed by atoms with Crippen molar-refractivity contribution < 1.29 is 19.1 Å². The smallest absolute Gasteiger partial charge is 0.409 e. The highest BCUT2D eigenvalue weighted by molar-refractivity contribution is 5.99. The van der Waals surface area contributed by atoms with Crippen molar-refractivity contribution in [3.05, 3.63) is 35.4 Å². The summed E-state index contributed by atoms with van der Waals surface area (Å²) in [5.74, 6) is -0.311. The SMILES string of the molecule is CCOC(=O)N1CCC(NC(=O)c2cccc(C(=O)NC3CCCC3)c2)CC1. The fraction of sp³-hybridized carbons (Fsp3) is 0.571. The van der Waals surface area contributed by atoms with Crippen LogP contribution in [0, 0.1) is 0 Å². The van der Waals surface area contributed by atoms with E-state index in [0.29, 0.717) is 43.7 Å². The van der Waals surface area contributed by atoms with E-state index in [1.165, 1.54) is 0 Å². The monoisotopic (exact) mass is 387 g/mol. The minimum absolute atomic E-state index is 0.00847. The molecule has 0 bridgehead atoms. The van der Waals surface area contributed by atoms with E-state index in [-0.39, 0.29) is 30.0 Å². The Labute approximate surface area is 165 Å². The summed E-state index contributed by atoms with van der Waals surface area (Å²) in [5.41, 5.74) is 0.989. The summed E-state index contributed by atoms with van der Waals surface area (Å²) in [6.07, 6.45) is 5.43. The molecule has 0 radical (unpaired) electrons. The molecule has 2 fully saturated rings. The normalized spacial score (nSPS) is 18.0. The van der Waals surface area contributed by atoms with Crippen LogP contribution >= 0.6 is 0 Å². The van der Waals surface area contributed by atoms with Gasteiger partial charge in [0.15, 0.2) is 0 Å². The molecule has 152 valence electrons. The number of likely N-dealkylation sites (tertiary alicyclic amines) is 1. The molecule has 1 aromatic carbocycles. The third-order valence-corrected chi connectivity index (χ3v) is 5.43. The predicted molar refractivity (Wildman–Crippen MR) is 105 cm³/mol. The fourth-order valence-electron chi connectivity index (χ4n) is 3.83. The molecule has 28 heavy (non-hydrogen) atoms. The zero-order valence-electron chi connectivity index (χ0n) is 16.4. The molecule has 3 amide bonds. The molecule has 0 atom stereocenters. The number of carbonyl (C=O) groups is 3. The number of hydrogen-bond donors (Lipinski definition) is 2. The number of amides is 3. The maximum atomic E-state index is 12.6. The van der Waals surface area contributed by atoms with Gasteiger partial charge in [-0.3, -0.25) is 9.59 Å². The molecule has 1 aromatic rings. The zero-order valence-corrected chi connectivity index (χ0v) is 16.4. The maximum absolute atomic E-state index is 12.6. The lowest BCUT2D eigenvalue weighted by Crippen LogP contribution is -2.46. The Hall–Kier alpha value is -2.57. The van der Waals surface area contributed by atoms with Gasteiger partial charge in [0, 0.05) is 36.3 Å².